The van der Waals surface area contributed by atoms with Crippen LogP contribution in [0.4, 0.5) is 5.82 Å². The Kier molecular flexibility index (Phi) is 2.59. The van der Waals surface area contributed by atoms with Crippen molar-refractivity contribution in [3.05, 3.63) is 11.8 Å². The Morgan fingerprint density at radius 2 is 2.33 bits per heavy atom. The molecule has 1 heterocycles. The molecule has 0 bridgehead atoms. The van der Waals surface area contributed by atoms with Gasteiger partial charge in [-0.05, 0) is 6.92 Å². The van der Waals surface area contributed by atoms with E-state index >= 15 is 0 Å². The van der Waals surface area contributed by atoms with Gasteiger partial charge in [0.1, 0.15) is 5.82 Å². The fourth-order valence-electron chi connectivity index (χ4n) is 0.788. The molecule has 0 aliphatic heterocycles. The van der Waals surface area contributed by atoms with Crippen LogP contribution in [0.2, 0.25) is 0 Å². The Balaban J connectivity index is 3.02. The van der Waals surface area contributed by atoms with Gasteiger partial charge in [-0.15, -0.1) is 0 Å². The van der Waals surface area contributed by atoms with Gasteiger partial charge in [-0.2, -0.15) is 9.78 Å². The maximum atomic E-state index is 11.1. The first kappa shape index (κ1) is 9.35. The van der Waals surface area contributed by atoms with Gasteiger partial charge in [0.2, 0.25) is 0 Å². The summed E-state index contributed by atoms with van der Waals surface area (Å²) in [6.45, 7) is 1.72. The summed E-state index contributed by atoms with van der Waals surface area (Å²) in [6, 6.07) is 1.56. The second-order valence-electron chi connectivity index (χ2n) is 2.26. The van der Waals surface area contributed by atoms with E-state index in [1.807, 2.05) is 0 Å². The molecule has 0 amide bonds. The van der Waals surface area contributed by atoms with Gasteiger partial charge in [0.25, 0.3) is 5.91 Å². The van der Waals surface area contributed by atoms with Crippen molar-refractivity contribution in [2.75, 3.05) is 5.73 Å². The highest BCUT2D eigenvalue weighted by Gasteiger charge is 2.17. The molecule has 0 aliphatic rings. The summed E-state index contributed by atoms with van der Waals surface area (Å²) in [4.78, 5) is 10.0. The van der Waals surface area contributed by atoms with Crippen molar-refractivity contribution in [3.8, 4) is 0 Å². The summed E-state index contributed by atoms with van der Waals surface area (Å²) < 4.78 is 0.986. The molecule has 1 rings (SSSR count). The Labute approximate surface area is 79.2 Å². The van der Waals surface area contributed by atoms with E-state index < -0.39 is 10.7 Å². The van der Waals surface area contributed by atoms with E-state index in [2.05, 4.69) is 5.10 Å². The van der Waals surface area contributed by atoms with Crippen LogP contribution in [0.25, 0.3) is 0 Å². The number of aryl methyl sites for hydroxylation is 1. The molecule has 0 unspecified atom stereocenters. The first-order valence-electron chi connectivity index (χ1n) is 3.17. The van der Waals surface area contributed by atoms with Crippen molar-refractivity contribution in [1.82, 2.24) is 9.78 Å². The SMILES string of the molecule is Cc1cc(N)n(C(=O)C(Cl)Cl)n1. The topological polar surface area (TPSA) is 60.9 Å². The van der Waals surface area contributed by atoms with Crippen LogP contribution in [-0.4, -0.2) is 20.5 Å². The summed E-state index contributed by atoms with van der Waals surface area (Å²) in [7, 11) is 0. The van der Waals surface area contributed by atoms with E-state index in [-0.39, 0.29) is 5.82 Å². The molecular formula is C6H7Cl2N3O. The van der Waals surface area contributed by atoms with Crippen LogP contribution in [0.5, 0.6) is 0 Å². The molecule has 6 heteroatoms. The van der Waals surface area contributed by atoms with E-state index in [9.17, 15) is 4.79 Å². The summed E-state index contributed by atoms with van der Waals surface area (Å²) in [5.74, 6) is -0.298. The maximum Gasteiger partial charge on any atom is 0.282 e. The van der Waals surface area contributed by atoms with E-state index in [0.29, 0.717) is 5.69 Å². The third kappa shape index (κ3) is 1.70. The van der Waals surface area contributed by atoms with Gasteiger partial charge >= 0.3 is 0 Å². The third-order valence-electron chi connectivity index (χ3n) is 1.25. The zero-order chi connectivity index (χ0) is 9.30. The fourth-order valence-corrected chi connectivity index (χ4v) is 0.973. The van der Waals surface area contributed by atoms with Gasteiger partial charge < -0.3 is 5.73 Å². The molecule has 2 N–H and O–H groups in total. The Morgan fingerprint density at radius 1 is 1.75 bits per heavy atom. The zero-order valence-corrected chi connectivity index (χ0v) is 7.80. The molecule has 4 nitrogen and oxygen atoms in total. The van der Waals surface area contributed by atoms with E-state index in [1.54, 1.807) is 13.0 Å². The van der Waals surface area contributed by atoms with Crippen molar-refractivity contribution in [2.45, 2.75) is 11.8 Å². The van der Waals surface area contributed by atoms with Crippen molar-refractivity contribution >= 4 is 34.9 Å². The number of hydrogen-bond acceptors (Lipinski definition) is 3. The Hall–Kier alpha value is -0.740. The van der Waals surface area contributed by atoms with Crippen LogP contribution in [0, 0.1) is 6.92 Å². The normalized spacial score (nSPS) is 10.7. The summed E-state index contributed by atoms with van der Waals surface area (Å²) in [6.07, 6.45) is 0. The number of aromatic nitrogens is 2. The number of carbonyl (C=O) groups excluding carboxylic acids is 1. The Bertz CT molecular complexity index is 308. The largest absolute Gasteiger partial charge is 0.383 e. The van der Waals surface area contributed by atoms with E-state index in [0.717, 1.165) is 4.68 Å². The third-order valence-corrected chi connectivity index (χ3v) is 1.63. The first-order chi connectivity index (χ1) is 5.52. The highest BCUT2D eigenvalue weighted by molar-refractivity contribution is 6.53. The molecular weight excluding hydrogens is 201 g/mol. The lowest BCUT2D eigenvalue weighted by atomic mass is 10.5. The van der Waals surface area contributed by atoms with Crippen LogP contribution in [0.15, 0.2) is 6.07 Å². The number of carbonyl (C=O) groups is 1. The van der Waals surface area contributed by atoms with Crippen molar-refractivity contribution in [3.63, 3.8) is 0 Å². The molecule has 0 aromatic carbocycles. The van der Waals surface area contributed by atoms with Crippen molar-refractivity contribution in [2.24, 2.45) is 0 Å². The van der Waals surface area contributed by atoms with E-state index in [1.165, 1.54) is 0 Å². The predicted octanol–water partition coefficient (Wildman–Crippen LogP) is 1.22. The van der Waals surface area contributed by atoms with Crippen molar-refractivity contribution in [1.29, 1.82) is 0 Å². The van der Waals surface area contributed by atoms with Crippen LogP contribution in [-0.2, 0) is 0 Å². The molecule has 0 saturated heterocycles. The van der Waals surface area contributed by atoms with Crippen LogP contribution < -0.4 is 5.73 Å². The number of anilines is 1. The highest BCUT2D eigenvalue weighted by Crippen LogP contribution is 2.10. The molecule has 66 valence electrons. The standard InChI is InChI=1S/C6H7Cl2N3O/c1-3-2-4(9)11(10-3)6(12)5(7)8/h2,5H,9H2,1H3. The summed E-state index contributed by atoms with van der Waals surface area (Å²) in [5.41, 5.74) is 6.09. The molecule has 1 aromatic heterocycles. The smallest absolute Gasteiger partial charge is 0.282 e. The summed E-state index contributed by atoms with van der Waals surface area (Å²) in [5, 5.41) is 3.80. The minimum Gasteiger partial charge on any atom is -0.383 e. The molecule has 12 heavy (non-hydrogen) atoms. The number of alkyl halides is 2. The molecule has 0 aliphatic carbocycles. The lowest BCUT2D eigenvalue weighted by Gasteiger charge is -2.01. The Morgan fingerprint density at radius 3 is 2.67 bits per heavy atom. The second kappa shape index (κ2) is 3.33. The number of nitrogens with zero attached hydrogens (tertiary/aromatic N) is 2. The minimum atomic E-state index is -1.13. The first-order valence-corrected chi connectivity index (χ1v) is 4.04. The second-order valence-corrected chi connectivity index (χ2v) is 3.36. The quantitative estimate of drug-likeness (QED) is 0.705. The minimum absolute atomic E-state index is 0.240. The van der Waals surface area contributed by atoms with Gasteiger partial charge in [-0.3, -0.25) is 4.79 Å². The van der Waals surface area contributed by atoms with Crippen molar-refractivity contribution < 1.29 is 4.79 Å². The molecule has 1 aromatic rings. The lowest BCUT2D eigenvalue weighted by molar-refractivity contribution is 0.0916. The van der Waals surface area contributed by atoms with Crippen LogP contribution >= 0.6 is 23.2 Å². The fraction of sp³-hybridized carbons (Fsp3) is 0.333. The van der Waals surface area contributed by atoms with Gasteiger partial charge in [0.15, 0.2) is 4.84 Å². The average Bonchev–Trinajstić information content (AvgIpc) is 2.28. The molecule has 0 fully saturated rings. The van der Waals surface area contributed by atoms with Gasteiger partial charge in [-0.1, -0.05) is 23.2 Å². The number of nitrogen functional groups attached to an aromatic ring is 1. The number of nitrogens with two attached hydrogens (primary N) is 1. The van der Waals surface area contributed by atoms with Gasteiger partial charge in [-0.25, -0.2) is 0 Å². The van der Waals surface area contributed by atoms with Gasteiger partial charge in [0.05, 0.1) is 5.69 Å². The van der Waals surface area contributed by atoms with E-state index in [4.69, 9.17) is 28.9 Å². The number of rotatable bonds is 1. The lowest BCUT2D eigenvalue weighted by Crippen LogP contribution is -2.20. The number of halogens is 2. The molecule has 0 saturated carbocycles. The molecule has 0 radical (unpaired) electrons. The maximum absolute atomic E-state index is 11.1. The molecule has 0 spiro atoms. The van der Waals surface area contributed by atoms with Crippen LogP contribution in [0.1, 0.15) is 10.5 Å². The monoisotopic (exact) mass is 207 g/mol. The number of hydrogen-bond donors (Lipinski definition) is 1. The van der Waals surface area contributed by atoms with Gasteiger partial charge in [0, 0.05) is 6.07 Å². The summed E-state index contributed by atoms with van der Waals surface area (Å²) >= 11 is 10.7. The average molecular weight is 208 g/mol. The zero-order valence-electron chi connectivity index (χ0n) is 6.29. The van der Waals surface area contributed by atoms with Crippen LogP contribution in [0.3, 0.4) is 0 Å². The molecule has 0 atom stereocenters. The highest BCUT2D eigenvalue weighted by atomic mass is 35.5. The predicted molar refractivity (Wildman–Crippen MR) is 47.5 cm³/mol.